The Bertz CT molecular complexity index is 764. The van der Waals surface area contributed by atoms with Crippen LogP contribution in [-0.4, -0.2) is 51.0 Å². The maximum atomic E-state index is 12.2. The first-order chi connectivity index (χ1) is 12.2. The summed E-state index contributed by atoms with van der Waals surface area (Å²) in [7, 11) is 0. The zero-order valence-corrected chi connectivity index (χ0v) is 14.4. The monoisotopic (exact) mass is 341 g/mol. The van der Waals surface area contributed by atoms with E-state index in [1.54, 1.807) is 0 Å². The lowest BCUT2D eigenvalue weighted by Crippen LogP contribution is -2.53. The number of amides is 1. The Morgan fingerprint density at radius 3 is 2.84 bits per heavy atom. The number of aryl methyl sites for hydroxylation is 1. The average Bonchev–Trinajstić information content (AvgIpc) is 3.04. The summed E-state index contributed by atoms with van der Waals surface area (Å²) < 4.78 is 8.18. The minimum atomic E-state index is -0.320. The molecule has 3 heterocycles. The van der Waals surface area contributed by atoms with Crippen LogP contribution in [-0.2, 0) is 13.1 Å². The molecule has 4 rings (SSSR count). The number of hydrogen-bond acceptors (Lipinski definition) is 5. The van der Waals surface area contributed by atoms with Gasteiger partial charge >= 0.3 is 0 Å². The number of piperidine rings is 1. The number of para-hydroxylation sites is 1. The molecule has 1 aromatic heterocycles. The van der Waals surface area contributed by atoms with E-state index in [1.165, 1.54) is 0 Å². The van der Waals surface area contributed by atoms with Gasteiger partial charge in [-0.3, -0.25) is 14.4 Å². The molecule has 132 valence electrons. The average molecular weight is 341 g/mol. The molecule has 7 nitrogen and oxygen atoms in total. The number of hydrogen-bond donors (Lipinski definition) is 1. The van der Waals surface area contributed by atoms with Gasteiger partial charge in [0.05, 0.1) is 17.8 Å². The summed E-state index contributed by atoms with van der Waals surface area (Å²) in [4.78, 5) is 14.6. The molecule has 1 amide bonds. The Morgan fingerprint density at radius 2 is 2.08 bits per heavy atom. The summed E-state index contributed by atoms with van der Waals surface area (Å²) >= 11 is 0. The van der Waals surface area contributed by atoms with E-state index in [4.69, 9.17) is 4.74 Å². The highest BCUT2D eigenvalue weighted by Gasteiger charge is 2.39. The molecule has 0 radical (unpaired) electrons. The van der Waals surface area contributed by atoms with Crippen molar-refractivity contribution in [2.24, 2.45) is 0 Å². The van der Waals surface area contributed by atoms with Crippen LogP contribution in [0.25, 0.3) is 0 Å². The molecule has 2 aliphatic heterocycles. The molecule has 1 saturated heterocycles. The second kappa shape index (κ2) is 6.48. The smallest absolute Gasteiger partial charge is 0.255 e. The van der Waals surface area contributed by atoms with Crippen molar-refractivity contribution in [3.63, 3.8) is 0 Å². The number of fused-ring (bicyclic) bond motifs is 1. The van der Waals surface area contributed by atoms with Gasteiger partial charge in [0.15, 0.2) is 0 Å². The predicted octanol–water partition coefficient (Wildman–Crippen LogP) is 1.45. The third-order valence-corrected chi connectivity index (χ3v) is 5.09. The van der Waals surface area contributed by atoms with E-state index in [1.807, 2.05) is 35.1 Å². The Morgan fingerprint density at radius 1 is 1.28 bits per heavy atom. The molecular formula is C18H23N5O2. The number of likely N-dealkylation sites (tertiary alicyclic amines) is 1. The van der Waals surface area contributed by atoms with Crippen LogP contribution in [0.4, 0.5) is 0 Å². The fourth-order valence-electron chi connectivity index (χ4n) is 3.54. The topological polar surface area (TPSA) is 72.3 Å². The SMILES string of the molecule is CCn1cc(CN2CCC3(CC2)CNC(=O)c2ccccc2O3)nn1. The van der Waals surface area contributed by atoms with Crippen molar-refractivity contribution in [3.05, 3.63) is 41.7 Å². The Balaban J connectivity index is 1.43. The van der Waals surface area contributed by atoms with Crippen LogP contribution >= 0.6 is 0 Å². The molecule has 0 bridgehead atoms. The summed E-state index contributed by atoms with van der Waals surface area (Å²) in [5.74, 6) is 0.642. The van der Waals surface area contributed by atoms with Crippen LogP contribution < -0.4 is 10.1 Å². The summed E-state index contributed by atoms with van der Waals surface area (Å²) in [6.45, 7) is 6.08. The molecule has 1 spiro atoms. The highest BCUT2D eigenvalue weighted by Crippen LogP contribution is 2.33. The third kappa shape index (κ3) is 3.24. The Kier molecular flexibility index (Phi) is 4.17. The lowest BCUT2D eigenvalue weighted by Gasteiger charge is -2.40. The number of benzene rings is 1. The molecule has 7 heteroatoms. The van der Waals surface area contributed by atoms with Crippen molar-refractivity contribution in [3.8, 4) is 5.75 Å². The number of nitrogens with one attached hydrogen (secondary N) is 1. The molecule has 0 saturated carbocycles. The summed E-state index contributed by atoms with van der Waals surface area (Å²) in [5.41, 5.74) is 1.30. The summed E-state index contributed by atoms with van der Waals surface area (Å²) in [5, 5.41) is 11.3. The van der Waals surface area contributed by atoms with Crippen LogP contribution in [0.5, 0.6) is 5.75 Å². The van der Waals surface area contributed by atoms with Gasteiger partial charge in [0.25, 0.3) is 5.91 Å². The first kappa shape index (κ1) is 16.1. The number of aromatic nitrogens is 3. The lowest BCUT2D eigenvalue weighted by atomic mass is 9.91. The van der Waals surface area contributed by atoms with Gasteiger partial charge in [-0.15, -0.1) is 5.10 Å². The normalized spacial score (nSPS) is 19.8. The van der Waals surface area contributed by atoms with E-state index >= 15 is 0 Å². The highest BCUT2D eigenvalue weighted by atomic mass is 16.5. The molecule has 2 aliphatic rings. The van der Waals surface area contributed by atoms with Gasteiger partial charge in [-0.2, -0.15) is 0 Å². The molecule has 1 fully saturated rings. The van der Waals surface area contributed by atoms with Crippen molar-refractivity contribution in [2.45, 2.75) is 38.5 Å². The molecule has 2 aromatic rings. The number of ether oxygens (including phenoxy) is 1. The molecule has 0 atom stereocenters. The van der Waals surface area contributed by atoms with E-state index in [-0.39, 0.29) is 11.5 Å². The molecule has 0 aliphatic carbocycles. The van der Waals surface area contributed by atoms with Gasteiger partial charge < -0.3 is 10.1 Å². The summed E-state index contributed by atoms with van der Waals surface area (Å²) in [6.07, 6.45) is 3.76. The van der Waals surface area contributed by atoms with E-state index in [2.05, 4.69) is 27.5 Å². The second-order valence-corrected chi connectivity index (χ2v) is 6.81. The second-order valence-electron chi connectivity index (χ2n) is 6.81. The van der Waals surface area contributed by atoms with Crippen molar-refractivity contribution < 1.29 is 9.53 Å². The lowest BCUT2D eigenvalue weighted by molar-refractivity contribution is 0.00364. The van der Waals surface area contributed by atoms with E-state index in [0.29, 0.717) is 17.9 Å². The van der Waals surface area contributed by atoms with Crippen molar-refractivity contribution in [1.82, 2.24) is 25.2 Å². The van der Waals surface area contributed by atoms with Crippen LogP contribution in [0.2, 0.25) is 0 Å². The molecule has 25 heavy (non-hydrogen) atoms. The number of nitrogens with zero attached hydrogens (tertiary/aromatic N) is 4. The molecular weight excluding hydrogens is 318 g/mol. The quantitative estimate of drug-likeness (QED) is 0.915. The first-order valence-corrected chi connectivity index (χ1v) is 8.85. The van der Waals surface area contributed by atoms with Gasteiger partial charge in [-0.25, -0.2) is 0 Å². The van der Waals surface area contributed by atoms with Gasteiger partial charge in [-0.05, 0) is 19.1 Å². The Labute approximate surface area is 147 Å². The van der Waals surface area contributed by atoms with Crippen LogP contribution in [0, 0.1) is 0 Å². The molecule has 1 aromatic carbocycles. The first-order valence-electron chi connectivity index (χ1n) is 8.85. The largest absolute Gasteiger partial charge is 0.485 e. The number of rotatable bonds is 3. The van der Waals surface area contributed by atoms with Crippen molar-refractivity contribution in [2.75, 3.05) is 19.6 Å². The fraction of sp³-hybridized carbons (Fsp3) is 0.500. The molecule has 1 N–H and O–H groups in total. The zero-order valence-electron chi connectivity index (χ0n) is 14.4. The maximum Gasteiger partial charge on any atom is 0.255 e. The minimum absolute atomic E-state index is 0.0499. The zero-order chi connectivity index (χ0) is 17.3. The van der Waals surface area contributed by atoms with Crippen LogP contribution in [0.1, 0.15) is 35.8 Å². The number of carbonyl (C=O) groups is 1. The predicted molar refractivity (Wildman–Crippen MR) is 92.3 cm³/mol. The Hall–Kier alpha value is -2.41. The fourth-order valence-corrected chi connectivity index (χ4v) is 3.54. The third-order valence-electron chi connectivity index (χ3n) is 5.09. The van der Waals surface area contributed by atoms with Gasteiger partial charge in [-0.1, -0.05) is 17.3 Å². The highest BCUT2D eigenvalue weighted by molar-refractivity contribution is 5.97. The maximum absolute atomic E-state index is 12.2. The minimum Gasteiger partial charge on any atom is -0.485 e. The van der Waals surface area contributed by atoms with Gasteiger partial charge in [0.2, 0.25) is 0 Å². The van der Waals surface area contributed by atoms with Crippen LogP contribution in [0.3, 0.4) is 0 Å². The standard InChI is InChI=1S/C18H23N5O2/c1-2-23-12-14(20-21-23)11-22-9-7-18(8-10-22)13-19-17(24)15-5-3-4-6-16(15)25-18/h3-6,12H,2,7-11,13H2,1H3,(H,19,24). The van der Waals surface area contributed by atoms with Gasteiger partial charge in [0.1, 0.15) is 11.4 Å². The number of carbonyl (C=O) groups excluding carboxylic acids is 1. The van der Waals surface area contributed by atoms with E-state index in [0.717, 1.165) is 44.7 Å². The van der Waals surface area contributed by atoms with E-state index in [9.17, 15) is 4.79 Å². The van der Waals surface area contributed by atoms with Crippen molar-refractivity contribution >= 4 is 5.91 Å². The molecule has 0 unspecified atom stereocenters. The van der Waals surface area contributed by atoms with Crippen LogP contribution in [0.15, 0.2) is 30.5 Å². The van der Waals surface area contributed by atoms with E-state index < -0.39 is 0 Å². The van der Waals surface area contributed by atoms with Gasteiger partial charge in [0, 0.05) is 45.2 Å². The van der Waals surface area contributed by atoms with Crippen molar-refractivity contribution in [1.29, 1.82) is 0 Å². The summed E-state index contributed by atoms with van der Waals surface area (Å²) in [6, 6.07) is 7.48.